The molecule has 20 heavy (non-hydrogen) atoms. The Morgan fingerprint density at radius 1 is 1.50 bits per heavy atom. The Kier molecular flexibility index (Phi) is 4.27. The van der Waals surface area contributed by atoms with Gasteiger partial charge in [-0.05, 0) is 41.3 Å². The third-order valence-electron chi connectivity index (χ3n) is 3.43. The Balaban J connectivity index is 2.22. The van der Waals surface area contributed by atoms with Crippen LogP contribution in [-0.4, -0.2) is 23.6 Å². The first-order chi connectivity index (χ1) is 9.47. The third-order valence-corrected chi connectivity index (χ3v) is 4.22. The van der Waals surface area contributed by atoms with Gasteiger partial charge in [-0.15, -0.1) is 0 Å². The maximum atomic E-state index is 11.4. The molecule has 0 N–H and O–H groups in total. The van der Waals surface area contributed by atoms with Crippen LogP contribution in [0.4, 0.5) is 5.69 Å². The topological polar surface area (TPSA) is 78.7 Å². The minimum absolute atomic E-state index is 0.0601. The molecule has 1 saturated carbocycles. The van der Waals surface area contributed by atoms with Crippen LogP contribution >= 0.6 is 15.9 Å². The summed E-state index contributed by atoms with van der Waals surface area (Å²) in [6, 6.07) is 4.60. The lowest BCUT2D eigenvalue weighted by atomic mass is 9.77. The molecule has 0 heterocycles. The molecule has 0 radical (unpaired) electrons. The number of halogens is 1. The summed E-state index contributed by atoms with van der Waals surface area (Å²) in [7, 11) is 1.33. The van der Waals surface area contributed by atoms with Gasteiger partial charge in [0.15, 0.2) is 0 Å². The zero-order valence-corrected chi connectivity index (χ0v) is 12.5. The van der Waals surface area contributed by atoms with Crippen molar-refractivity contribution in [1.82, 2.24) is 0 Å². The van der Waals surface area contributed by atoms with Gasteiger partial charge >= 0.3 is 5.97 Å². The number of hydrogen-bond donors (Lipinski definition) is 0. The maximum absolute atomic E-state index is 11.4. The Morgan fingerprint density at radius 3 is 2.70 bits per heavy atom. The lowest BCUT2D eigenvalue weighted by Gasteiger charge is -2.41. The number of methoxy groups -OCH3 is 1. The van der Waals surface area contributed by atoms with Gasteiger partial charge in [0, 0.05) is 6.07 Å². The van der Waals surface area contributed by atoms with Gasteiger partial charge in [-0.25, -0.2) is 0 Å². The van der Waals surface area contributed by atoms with E-state index in [0.29, 0.717) is 10.2 Å². The molecule has 0 aromatic heterocycles. The fourth-order valence-corrected chi connectivity index (χ4v) is 2.66. The summed E-state index contributed by atoms with van der Waals surface area (Å²) >= 11 is 3.19. The van der Waals surface area contributed by atoms with Crippen LogP contribution in [0, 0.1) is 10.1 Å². The van der Waals surface area contributed by atoms with Crippen LogP contribution in [0.15, 0.2) is 22.7 Å². The minimum atomic E-state index is -0.606. The summed E-state index contributed by atoms with van der Waals surface area (Å²) in [5, 5.41) is 10.9. The first-order valence-corrected chi connectivity index (χ1v) is 6.95. The molecular formula is C13H14BrNO5. The lowest BCUT2D eigenvalue weighted by molar-refractivity contribution is -0.385. The van der Waals surface area contributed by atoms with Crippen molar-refractivity contribution in [3.8, 4) is 5.75 Å². The standard InChI is InChI=1S/C13H14BrNO5/c1-19-11(16)8-13(6-3-7-13)20-10-5-2-4-9(12(10)14)15(17)18/h2,4-5H,3,6-8H2,1H3. The Labute approximate surface area is 124 Å². The first-order valence-electron chi connectivity index (χ1n) is 6.16. The number of esters is 1. The van der Waals surface area contributed by atoms with E-state index in [1.54, 1.807) is 12.1 Å². The fourth-order valence-electron chi connectivity index (χ4n) is 2.17. The normalized spacial score (nSPS) is 16.1. The quantitative estimate of drug-likeness (QED) is 0.466. The molecule has 6 nitrogen and oxygen atoms in total. The molecular weight excluding hydrogens is 330 g/mol. The van der Waals surface area contributed by atoms with Gasteiger partial charge in [0.05, 0.1) is 18.5 Å². The molecule has 0 aliphatic heterocycles. The maximum Gasteiger partial charge on any atom is 0.309 e. The van der Waals surface area contributed by atoms with Crippen molar-refractivity contribution in [3.63, 3.8) is 0 Å². The van der Waals surface area contributed by atoms with Gasteiger partial charge in [0.1, 0.15) is 15.8 Å². The van der Waals surface area contributed by atoms with Crippen LogP contribution in [-0.2, 0) is 9.53 Å². The predicted octanol–water partition coefficient (Wildman–Crippen LogP) is 3.22. The summed E-state index contributed by atoms with van der Waals surface area (Å²) in [5.41, 5.74) is -0.666. The number of hydrogen-bond acceptors (Lipinski definition) is 5. The first kappa shape index (κ1) is 14.8. The van der Waals surface area contributed by atoms with E-state index in [1.807, 2.05) is 0 Å². The van der Waals surface area contributed by atoms with E-state index in [4.69, 9.17) is 4.74 Å². The Hall–Kier alpha value is -1.63. The van der Waals surface area contributed by atoms with Crippen LogP contribution < -0.4 is 4.74 Å². The molecule has 1 aliphatic carbocycles. The third kappa shape index (κ3) is 2.92. The highest BCUT2D eigenvalue weighted by Gasteiger charge is 2.42. The van der Waals surface area contributed by atoms with E-state index >= 15 is 0 Å². The van der Waals surface area contributed by atoms with Crippen molar-refractivity contribution in [2.45, 2.75) is 31.3 Å². The van der Waals surface area contributed by atoms with Crippen LogP contribution in [0.25, 0.3) is 0 Å². The van der Waals surface area contributed by atoms with Crippen LogP contribution in [0.1, 0.15) is 25.7 Å². The van der Waals surface area contributed by atoms with E-state index in [9.17, 15) is 14.9 Å². The second kappa shape index (κ2) is 5.78. The van der Waals surface area contributed by atoms with Crippen LogP contribution in [0.3, 0.4) is 0 Å². The van der Waals surface area contributed by atoms with Gasteiger partial charge in [-0.1, -0.05) is 6.07 Å². The Morgan fingerprint density at radius 2 is 2.20 bits per heavy atom. The highest BCUT2D eigenvalue weighted by atomic mass is 79.9. The smallest absolute Gasteiger partial charge is 0.309 e. The number of ether oxygens (including phenoxy) is 2. The molecule has 1 fully saturated rings. The minimum Gasteiger partial charge on any atom is -0.485 e. The number of nitrogens with zero attached hydrogens (tertiary/aromatic N) is 1. The number of carbonyl (C=O) groups excluding carboxylic acids is 1. The van der Waals surface area contributed by atoms with Crippen molar-refractivity contribution < 1.29 is 19.2 Å². The van der Waals surface area contributed by atoms with Crippen molar-refractivity contribution in [1.29, 1.82) is 0 Å². The lowest BCUT2D eigenvalue weighted by Crippen LogP contribution is -2.45. The average molecular weight is 344 g/mol. The molecule has 0 amide bonds. The SMILES string of the molecule is COC(=O)CC1(Oc2cccc([N+](=O)[O-])c2Br)CCC1. The largest absolute Gasteiger partial charge is 0.485 e. The zero-order valence-electron chi connectivity index (χ0n) is 10.9. The molecule has 108 valence electrons. The molecule has 2 rings (SSSR count). The number of nitro benzene ring substituents is 1. The number of rotatable bonds is 5. The summed E-state index contributed by atoms with van der Waals surface area (Å²) in [5.74, 6) is 0.0362. The molecule has 0 spiro atoms. The van der Waals surface area contributed by atoms with Gasteiger partial charge < -0.3 is 9.47 Å². The second-order valence-corrected chi connectivity index (χ2v) is 5.53. The molecule has 0 atom stereocenters. The van der Waals surface area contributed by atoms with Crippen LogP contribution in [0.5, 0.6) is 5.75 Å². The van der Waals surface area contributed by atoms with Gasteiger partial charge in [0.25, 0.3) is 5.69 Å². The molecule has 1 aromatic rings. The van der Waals surface area contributed by atoms with E-state index in [-0.39, 0.29) is 18.1 Å². The van der Waals surface area contributed by atoms with Crippen molar-refractivity contribution in [2.75, 3.05) is 7.11 Å². The highest BCUT2D eigenvalue weighted by molar-refractivity contribution is 9.10. The summed E-state index contributed by atoms with van der Waals surface area (Å²) in [4.78, 5) is 21.9. The molecule has 0 bridgehead atoms. The van der Waals surface area contributed by atoms with Gasteiger partial charge in [-0.2, -0.15) is 0 Å². The summed E-state index contributed by atoms with van der Waals surface area (Å²) < 4.78 is 10.8. The van der Waals surface area contributed by atoms with E-state index in [2.05, 4.69) is 20.7 Å². The summed E-state index contributed by atoms with van der Waals surface area (Å²) in [6.07, 6.45) is 2.58. The summed E-state index contributed by atoms with van der Waals surface area (Å²) in [6.45, 7) is 0. The van der Waals surface area contributed by atoms with Crippen molar-refractivity contribution >= 4 is 27.6 Å². The van der Waals surface area contributed by atoms with E-state index in [0.717, 1.165) is 19.3 Å². The van der Waals surface area contributed by atoms with Crippen molar-refractivity contribution in [3.05, 3.63) is 32.8 Å². The molecule has 0 unspecified atom stereocenters. The molecule has 1 aliphatic rings. The average Bonchev–Trinajstić information content (AvgIpc) is 2.37. The zero-order chi connectivity index (χ0) is 14.8. The molecule has 0 saturated heterocycles. The van der Waals surface area contributed by atoms with Gasteiger partial charge in [0.2, 0.25) is 0 Å². The van der Waals surface area contributed by atoms with Gasteiger partial charge in [-0.3, -0.25) is 14.9 Å². The Bertz CT molecular complexity index is 542. The van der Waals surface area contributed by atoms with E-state index < -0.39 is 10.5 Å². The highest BCUT2D eigenvalue weighted by Crippen LogP contribution is 2.43. The monoisotopic (exact) mass is 343 g/mol. The van der Waals surface area contributed by atoms with Crippen molar-refractivity contribution in [2.24, 2.45) is 0 Å². The molecule has 1 aromatic carbocycles. The van der Waals surface area contributed by atoms with Crippen LogP contribution in [0.2, 0.25) is 0 Å². The number of nitro groups is 1. The predicted molar refractivity (Wildman–Crippen MR) is 74.6 cm³/mol. The van der Waals surface area contributed by atoms with E-state index in [1.165, 1.54) is 13.2 Å². The molecule has 7 heteroatoms. The number of benzene rings is 1. The fraction of sp³-hybridized carbons (Fsp3) is 0.462. The number of carbonyl (C=O) groups is 1. The second-order valence-electron chi connectivity index (χ2n) is 4.74.